The Morgan fingerprint density at radius 2 is 2.22 bits per heavy atom. The molecule has 0 aliphatic rings. The molecule has 0 aliphatic heterocycles. The molecule has 0 bridgehead atoms. The lowest BCUT2D eigenvalue weighted by atomic mass is 10.1. The summed E-state index contributed by atoms with van der Waals surface area (Å²) in [5, 5.41) is 9.12. The lowest BCUT2D eigenvalue weighted by Crippen LogP contribution is -2.27. The van der Waals surface area contributed by atoms with E-state index in [1.54, 1.807) is 4.52 Å². The van der Waals surface area contributed by atoms with E-state index >= 15 is 0 Å². The molecule has 4 aromatic rings. The summed E-state index contributed by atoms with van der Waals surface area (Å²) in [5.41, 5.74) is 3.75. The molecular weight excluding hydrogens is 362 g/mol. The van der Waals surface area contributed by atoms with Crippen LogP contribution < -0.4 is 5.32 Å². The number of aromatic nitrogens is 4. The summed E-state index contributed by atoms with van der Waals surface area (Å²) in [4.78, 5) is 21.8. The number of fused-ring (bicyclic) bond motifs is 1. The molecule has 8 heteroatoms. The van der Waals surface area contributed by atoms with Crippen LogP contribution in [0.15, 0.2) is 40.4 Å². The Hall–Kier alpha value is -3.00. The maximum absolute atomic E-state index is 12.3. The van der Waals surface area contributed by atoms with Crippen molar-refractivity contribution in [2.45, 2.75) is 26.7 Å². The monoisotopic (exact) mass is 381 g/mol. The number of oxazole rings is 1. The van der Waals surface area contributed by atoms with E-state index in [1.165, 1.54) is 17.7 Å². The molecule has 1 aromatic carbocycles. The second-order valence-electron chi connectivity index (χ2n) is 6.35. The van der Waals surface area contributed by atoms with Gasteiger partial charge < -0.3 is 9.73 Å². The van der Waals surface area contributed by atoms with Crippen molar-refractivity contribution in [2.24, 2.45) is 0 Å². The molecule has 0 fully saturated rings. The predicted octanol–water partition coefficient (Wildman–Crippen LogP) is 2.96. The van der Waals surface area contributed by atoms with Crippen LogP contribution in [0.25, 0.3) is 16.4 Å². The normalized spacial score (nSPS) is 11.2. The SMILES string of the molecule is Cc1cccc(-c2nc(CC(=O)NCCc3csc4ncnn34)c(C)o2)c1. The quantitative estimate of drug-likeness (QED) is 0.555. The fourth-order valence-corrected chi connectivity index (χ4v) is 3.71. The van der Waals surface area contributed by atoms with Gasteiger partial charge in [-0.3, -0.25) is 4.79 Å². The second-order valence-corrected chi connectivity index (χ2v) is 7.19. The highest BCUT2D eigenvalue weighted by Gasteiger charge is 2.15. The molecule has 1 N–H and O–H groups in total. The maximum Gasteiger partial charge on any atom is 0.226 e. The number of nitrogens with one attached hydrogen (secondary N) is 1. The van der Waals surface area contributed by atoms with E-state index in [2.05, 4.69) is 20.4 Å². The van der Waals surface area contributed by atoms with E-state index in [9.17, 15) is 4.79 Å². The molecule has 0 saturated carbocycles. The number of aryl methyl sites for hydroxylation is 2. The third-order valence-electron chi connectivity index (χ3n) is 4.28. The van der Waals surface area contributed by atoms with E-state index in [0.29, 0.717) is 30.3 Å². The van der Waals surface area contributed by atoms with Crippen LogP contribution >= 0.6 is 11.3 Å². The third-order valence-corrected chi connectivity index (χ3v) is 5.16. The Bertz CT molecular complexity index is 1090. The first-order chi connectivity index (χ1) is 13.1. The highest BCUT2D eigenvalue weighted by molar-refractivity contribution is 7.15. The van der Waals surface area contributed by atoms with Crippen LogP contribution in [0.2, 0.25) is 0 Å². The summed E-state index contributed by atoms with van der Waals surface area (Å²) in [5.74, 6) is 1.14. The zero-order valence-corrected chi connectivity index (χ0v) is 15.9. The molecule has 0 atom stereocenters. The number of amides is 1. The first-order valence-electron chi connectivity index (χ1n) is 8.66. The van der Waals surface area contributed by atoms with Gasteiger partial charge in [0.2, 0.25) is 16.8 Å². The maximum atomic E-state index is 12.3. The Morgan fingerprint density at radius 1 is 1.33 bits per heavy atom. The Balaban J connectivity index is 1.36. The summed E-state index contributed by atoms with van der Waals surface area (Å²) in [7, 11) is 0. The van der Waals surface area contributed by atoms with E-state index in [4.69, 9.17) is 4.42 Å². The molecular formula is C19H19N5O2S. The van der Waals surface area contributed by atoms with Gasteiger partial charge in [-0.05, 0) is 26.0 Å². The number of benzene rings is 1. The fraction of sp³-hybridized carbons (Fsp3) is 0.263. The molecule has 4 rings (SSSR count). The highest BCUT2D eigenvalue weighted by atomic mass is 32.1. The van der Waals surface area contributed by atoms with Crippen molar-refractivity contribution in [3.8, 4) is 11.5 Å². The van der Waals surface area contributed by atoms with Crippen molar-refractivity contribution >= 4 is 22.2 Å². The van der Waals surface area contributed by atoms with Gasteiger partial charge >= 0.3 is 0 Å². The Kier molecular flexibility index (Phi) is 4.72. The van der Waals surface area contributed by atoms with Gasteiger partial charge in [-0.25, -0.2) is 14.5 Å². The van der Waals surface area contributed by atoms with Gasteiger partial charge in [0.15, 0.2) is 0 Å². The van der Waals surface area contributed by atoms with Gasteiger partial charge in [-0.15, -0.1) is 11.3 Å². The van der Waals surface area contributed by atoms with Crippen LogP contribution in [0, 0.1) is 13.8 Å². The van der Waals surface area contributed by atoms with Crippen LogP contribution in [0.4, 0.5) is 0 Å². The van der Waals surface area contributed by atoms with Gasteiger partial charge in [0.05, 0.1) is 17.8 Å². The molecule has 0 saturated heterocycles. The number of carbonyl (C=O) groups is 1. The third kappa shape index (κ3) is 3.75. The van der Waals surface area contributed by atoms with Gasteiger partial charge in [0, 0.05) is 23.9 Å². The molecule has 0 aliphatic carbocycles. The van der Waals surface area contributed by atoms with Crippen molar-refractivity contribution in [1.29, 1.82) is 0 Å². The predicted molar refractivity (Wildman–Crippen MR) is 103 cm³/mol. The van der Waals surface area contributed by atoms with Crippen molar-refractivity contribution in [2.75, 3.05) is 6.54 Å². The lowest BCUT2D eigenvalue weighted by molar-refractivity contribution is -0.120. The molecule has 3 heterocycles. The molecule has 0 unspecified atom stereocenters. The van der Waals surface area contributed by atoms with Crippen molar-refractivity contribution < 1.29 is 9.21 Å². The summed E-state index contributed by atoms with van der Waals surface area (Å²) in [6, 6.07) is 7.95. The van der Waals surface area contributed by atoms with Crippen LogP contribution in [0.3, 0.4) is 0 Å². The van der Waals surface area contributed by atoms with Crippen LogP contribution in [-0.4, -0.2) is 32.0 Å². The summed E-state index contributed by atoms with van der Waals surface area (Å²) in [6.45, 7) is 4.39. The van der Waals surface area contributed by atoms with Gasteiger partial charge in [-0.2, -0.15) is 5.10 Å². The zero-order chi connectivity index (χ0) is 18.8. The molecule has 3 aromatic heterocycles. The van der Waals surface area contributed by atoms with Gasteiger partial charge in [0.25, 0.3) is 0 Å². The average molecular weight is 381 g/mol. The zero-order valence-electron chi connectivity index (χ0n) is 15.1. The average Bonchev–Trinajstić information content (AvgIpc) is 3.33. The van der Waals surface area contributed by atoms with Gasteiger partial charge in [-0.1, -0.05) is 17.7 Å². The molecule has 1 amide bonds. The fourth-order valence-electron chi connectivity index (χ4n) is 2.88. The minimum atomic E-state index is -0.0766. The smallest absolute Gasteiger partial charge is 0.226 e. The highest BCUT2D eigenvalue weighted by Crippen LogP contribution is 2.22. The van der Waals surface area contributed by atoms with Crippen molar-refractivity contribution in [1.82, 2.24) is 24.9 Å². The first-order valence-corrected chi connectivity index (χ1v) is 9.54. The van der Waals surface area contributed by atoms with E-state index in [1.807, 2.05) is 43.5 Å². The first kappa shape index (κ1) is 17.4. The number of thiazole rings is 1. The summed E-state index contributed by atoms with van der Waals surface area (Å²) in [6.07, 6.45) is 2.43. The summed E-state index contributed by atoms with van der Waals surface area (Å²) >= 11 is 1.54. The minimum absolute atomic E-state index is 0.0766. The van der Waals surface area contributed by atoms with Gasteiger partial charge in [0.1, 0.15) is 12.1 Å². The second kappa shape index (κ2) is 7.32. The summed E-state index contributed by atoms with van der Waals surface area (Å²) < 4.78 is 7.55. The molecule has 0 radical (unpaired) electrons. The molecule has 7 nitrogen and oxygen atoms in total. The Morgan fingerprint density at radius 3 is 3.07 bits per heavy atom. The largest absolute Gasteiger partial charge is 0.441 e. The molecule has 27 heavy (non-hydrogen) atoms. The molecule has 0 spiro atoms. The molecule has 138 valence electrons. The van der Waals surface area contributed by atoms with Crippen molar-refractivity contribution in [3.05, 3.63) is 58.7 Å². The van der Waals surface area contributed by atoms with Crippen molar-refractivity contribution in [3.63, 3.8) is 0 Å². The number of hydrogen-bond acceptors (Lipinski definition) is 6. The van der Waals surface area contributed by atoms with Crippen LogP contribution in [0.5, 0.6) is 0 Å². The van der Waals surface area contributed by atoms with E-state index in [0.717, 1.165) is 21.8 Å². The lowest BCUT2D eigenvalue weighted by Gasteiger charge is -2.03. The number of nitrogens with zero attached hydrogens (tertiary/aromatic N) is 4. The number of rotatable bonds is 6. The minimum Gasteiger partial charge on any atom is -0.441 e. The number of hydrogen-bond donors (Lipinski definition) is 1. The topological polar surface area (TPSA) is 85.3 Å². The standard InChI is InChI=1S/C19H19N5O2S/c1-12-4-3-5-14(8-12)18-23-16(13(2)26-18)9-17(25)20-7-6-15-10-27-19-21-11-22-24(15)19/h3-5,8,10-11H,6-7,9H2,1-2H3,(H,20,25). The number of carbonyl (C=O) groups excluding carboxylic acids is 1. The van der Waals surface area contributed by atoms with Crippen LogP contribution in [0.1, 0.15) is 22.7 Å². The van der Waals surface area contributed by atoms with E-state index < -0.39 is 0 Å². The van der Waals surface area contributed by atoms with Crippen LogP contribution in [-0.2, 0) is 17.6 Å². The van der Waals surface area contributed by atoms with E-state index in [-0.39, 0.29) is 12.3 Å². The Labute approximate surface area is 160 Å².